The van der Waals surface area contributed by atoms with Gasteiger partial charge in [0.15, 0.2) is 0 Å². The third kappa shape index (κ3) is 3.44. The maximum Gasteiger partial charge on any atom is 0.314 e. The zero-order valence-corrected chi connectivity index (χ0v) is 15.3. The minimum atomic E-state index is -0.443. The zero-order valence-electron chi connectivity index (χ0n) is 15.3. The standard InChI is InChI=1S/C19H26N6O2/c20-16(11-25(22)17-10-14-9-15(14)17)12-1-3-13(4-2-12)18(26)23-5-7-24(8-6-23)19(21)27/h1-4,11,14-15,17H,5-10,20,22H2,(H2,21,27)/b16-11-. The molecule has 3 amide bonds. The summed E-state index contributed by atoms with van der Waals surface area (Å²) in [4.78, 5) is 27.1. The quantitative estimate of drug-likeness (QED) is 0.522. The van der Waals surface area contributed by atoms with Crippen LogP contribution in [0.4, 0.5) is 4.79 Å². The molecule has 2 aliphatic carbocycles. The second-order valence-electron chi connectivity index (χ2n) is 7.69. The Labute approximate surface area is 158 Å². The van der Waals surface area contributed by atoms with Crippen LogP contribution >= 0.6 is 0 Å². The minimum absolute atomic E-state index is 0.0529. The number of amides is 3. The van der Waals surface area contributed by atoms with Gasteiger partial charge in [-0.25, -0.2) is 10.6 Å². The maximum atomic E-state index is 12.6. The van der Waals surface area contributed by atoms with Gasteiger partial charge in [0.2, 0.25) is 0 Å². The second-order valence-corrected chi connectivity index (χ2v) is 7.69. The predicted molar refractivity (Wildman–Crippen MR) is 102 cm³/mol. The van der Waals surface area contributed by atoms with Crippen LogP contribution in [-0.4, -0.2) is 59.0 Å². The van der Waals surface area contributed by atoms with Crippen molar-refractivity contribution in [1.29, 1.82) is 0 Å². The monoisotopic (exact) mass is 370 g/mol. The van der Waals surface area contributed by atoms with Crippen molar-refractivity contribution in [2.45, 2.75) is 18.9 Å². The molecule has 1 aliphatic heterocycles. The lowest BCUT2D eigenvalue weighted by Gasteiger charge is -2.33. The summed E-state index contributed by atoms with van der Waals surface area (Å²) in [6, 6.07) is 7.20. The normalized spacial score (nSPS) is 26.9. The summed E-state index contributed by atoms with van der Waals surface area (Å²) in [6.07, 6.45) is 4.23. The Morgan fingerprint density at radius 1 is 0.963 bits per heavy atom. The van der Waals surface area contributed by atoms with Crippen molar-refractivity contribution in [2.75, 3.05) is 26.2 Å². The van der Waals surface area contributed by atoms with E-state index in [1.165, 1.54) is 6.42 Å². The molecule has 27 heavy (non-hydrogen) atoms. The number of carbonyl (C=O) groups excluding carboxylic acids is 2. The van der Waals surface area contributed by atoms with Crippen LogP contribution in [0.3, 0.4) is 0 Å². The first-order chi connectivity index (χ1) is 12.9. The van der Waals surface area contributed by atoms with E-state index >= 15 is 0 Å². The SMILES string of the molecule is NC(=O)N1CCN(C(=O)c2ccc(/C(N)=C/N(N)C3CC4CC43)cc2)CC1. The number of nitrogens with two attached hydrogens (primary N) is 3. The van der Waals surface area contributed by atoms with E-state index in [2.05, 4.69) is 0 Å². The van der Waals surface area contributed by atoms with Crippen LogP contribution in [0.15, 0.2) is 30.5 Å². The number of benzene rings is 1. The molecule has 3 fully saturated rings. The molecule has 1 aromatic carbocycles. The molecule has 0 bridgehead atoms. The highest BCUT2D eigenvalue weighted by Crippen LogP contribution is 2.57. The molecule has 6 N–H and O–H groups in total. The fourth-order valence-electron chi connectivity index (χ4n) is 4.09. The number of hydrazine groups is 1. The Kier molecular flexibility index (Phi) is 4.43. The topological polar surface area (TPSA) is 122 Å². The van der Waals surface area contributed by atoms with Crippen LogP contribution in [0.1, 0.15) is 28.8 Å². The van der Waals surface area contributed by atoms with Gasteiger partial charge in [0, 0.05) is 44.0 Å². The lowest BCUT2D eigenvalue weighted by atomic mass is 9.93. The summed E-state index contributed by atoms with van der Waals surface area (Å²) in [5, 5.41) is 1.74. The molecule has 1 heterocycles. The van der Waals surface area contributed by atoms with E-state index in [4.69, 9.17) is 17.3 Å². The molecule has 8 heteroatoms. The van der Waals surface area contributed by atoms with Crippen LogP contribution in [-0.2, 0) is 0 Å². The summed E-state index contributed by atoms with van der Waals surface area (Å²) in [6.45, 7) is 1.89. The van der Waals surface area contributed by atoms with Gasteiger partial charge in [-0.15, -0.1) is 0 Å². The van der Waals surface area contributed by atoms with Crippen molar-refractivity contribution in [3.05, 3.63) is 41.6 Å². The highest BCUT2D eigenvalue weighted by Gasteiger charge is 2.55. The lowest BCUT2D eigenvalue weighted by molar-refractivity contribution is 0.0669. The smallest absolute Gasteiger partial charge is 0.314 e. The summed E-state index contributed by atoms with van der Waals surface area (Å²) in [5.41, 5.74) is 13.5. The molecule has 1 saturated heterocycles. The van der Waals surface area contributed by atoms with E-state index in [-0.39, 0.29) is 5.91 Å². The van der Waals surface area contributed by atoms with Gasteiger partial charge in [0.25, 0.3) is 5.91 Å². The van der Waals surface area contributed by atoms with Gasteiger partial charge < -0.3 is 26.3 Å². The van der Waals surface area contributed by atoms with Crippen LogP contribution in [0.5, 0.6) is 0 Å². The molecular formula is C19H26N6O2. The summed E-state index contributed by atoms with van der Waals surface area (Å²) < 4.78 is 0. The molecule has 1 aromatic rings. The van der Waals surface area contributed by atoms with Gasteiger partial charge >= 0.3 is 6.03 Å². The zero-order chi connectivity index (χ0) is 19.1. The molecule has 3 atom stereocenters. The number of fused-ring (bicyclic) bond motifs is 1. The van der Waals surface area contributed by atoms with Crippen LogP contribution in [0.2, 0.25) is 0 Å². The molecule has 2 saturated carbocycles. The number of rotatable bonds is 4. The number of urea groups is 1. The van der Waals surface area contributed by atoms with Crippen molar-refractivity contribution in [2.24, 2.45) is 29.1 Å². The van der Waals surface area contributed by atoms with E-state index in [1.807, 2.05) is 12.1 Å². The largest absolute Gasteiger partial charge is 0.397 e. The Hall–Kier alpha value is -2.74. The molecule has 0 aromatic heterocycles. The molecule has 0 spiro atoms. The van der Waals surface area contributed by atoms with E-state index in [0.29, 0.717) is 43.5 Å². The number of hydrogen-bond donors (Lipinski definition) is 3. The van der Waals surface area contributed by atoms with Gasteiger partial charge in [0.05, 0.1) is 5.70 Å². The maximum absolute atomic E-state index is 12.6. The van der Waals surface area contributed by atoms with Crippen LogP contribution < -0.4 is 17.3 Å². The van der Waals surface area contributed by atoms with Crippen molar-refractivity contribution in [3.8, 4) is 0 Å². The van der Waals surface area contributed by atoms with Gasteiger partial charge in [0.1, 0.15) is 0 Å². The van der Waals surface area contributed by atoms with Crippen molar-refractivity contribution >= 4 is 17.6 Å². The second kappa shape index (κ2) is 6.77. The van der Waals surface area contributed by atoms with Crippen molar-refractivity contribution < 1.29 is 9.59 Å². The Morgan fingerprint density at radius 2 is 1.56 bits per heavy atom. The summed E-state index contributed by atoms with van der Waals surface area (Å²) in [5.74, 6) is 7.69. The van der Waals surface area contributed by atoms with Gasteiger partial charge in [-0.1, -0.05) is 12.1 Å². The first-order valence-electron chi connectivity index (χ1n) is 9.38. The average Bonchev–Trinajstić information content (AvgIpc) is 3.30. The molecule has 3 aliphatic rings. The minimum Gasteiger partial charge on any atom is -0.397 e. The Balaban J connectivity index is 1.36. The number of nitrogens with zero attached hydrogens (tertiary/aromatic N) is 3. The third-order valence-electron chi connectivity index (χ3n) is 6.03. The van der Waals surface area contributed by atoms with Crippen molar-refractivity contribution in [3.63, 3.8) is 0 Å². The van der Waals surface area contributed by atoms with E-state index < -0.39 is 6.03 Å². The number of carbonyl (C=O) groups is 2. The van der Waals surface area contributed by atoms with Gasteiger partial charge in [-0.2, -0.15) is 0 Å². The fourth-order valence-corrected chi connectivity index (χ4v) is 4.09. The van der Waals surface area contributed by atoms with Gasteiger partial charge in [-0.3, -0.25) is 4.79 Å². The van der Waals surface area contributed by atoms with E-state index in [1.54, 1.807) is 33.1 Å². The number of primary amides is 1. The van der Waals surface area contributed by atoms with Crippen LogP contribution in [0.25, 0.3) is 5.70 Å². The lowest BCUT2D eigenvalue weighted by Crippen LogP contribution is -2.52. The highest BCUT2D eigenvalue weighted by molar-refractivity contribution is 5.94. The van der Waals surface area contributed by atoms with Crippen LogP contribution in [0, 0.1) is 11.8 Å². The summed E-state index contributed by atoms with van der Waals surface area (Å²) in [7, 11) is 0. The van der Waals surface area contributed by atoms with E-state index in [9.17, 15) is 9.59 Å². The number of piperazine rings is 1. The molecule has 4 rings (SSSR count). The Morgan fingerprint density at radius 3 is 2.07 bits per heavy atom. The third-order valence-corrected chi connectivity index (χ3v) is 6.03. The Bertz CT molecular complexity index is 769. The van der Waals surface area contributed by atoms with Crippen molar-refractivity contribution in [1.82, 2.24) is 14.8 Å². The molecule has 3 unspecified atom stereocenters. The first-order valence-corrected chi connectivity index (χ1v) is 9.38. The van der Waals surface area contributed by atoms with E-state index in [0.717, 1.165) is 23.8 Å². The average molecular weight is 370 g/mol. The first kappa shape index (κ1) is 17.7. The number of hydrogen-bond acceptors (Lipinski definition) is 5. The predicted octanol–water partition coefficient (Wildman–Crippen LogP) is 0.364. The highest BCUT2D eigenvalue weighted by atomic mass is 16.2. The molecule has 8 nitrogen and oxygen atoms in total. The molecule has 0 radical (unpaired) electrons. The molecular weight excluding hydrogens is 344 g/mol. The summed E-state index contributed by atoms with van der Waals surface area (Å²) >= 11 is 0. The fraction of sp³-hybridized carbons (Fsp3) is 0.474. The molecule has 144 valence electrons. The van der Waals surface area contributed by atoms with Gasteiger partial charge in [-0.05, 0) is 42.4 Å².